The quantitative estimate of drug-likeness (QED) is 0.480. The van der Waals surface area contributed by atoms with E-state index in [4.69, 9.17) is 9.73 Å². The Balaban J connectivity index is 1.80. The summed E-state index contributed by atoms with van der Waals surface area (Å²) in [5.41, 5.74) is -0.474. The summed E-state index contributed by atoms with van der Waals surface area (Å²) in [5.74, 6) is 1.47. The number of piperazine rings is 1. The largest absolute Gasteiger partial charge is 0.444 e. The standard InChI is InChI=1S/C22H44N6O2/c1-7-23-20(24-15-18(3)16-27-13-11-26(8-2)12-14-27)28-10-9-19(17-28)25-21(29)30-22(4,5)6/h18-19H,7-17H2,1-6H3,(H,23,24)(H,25,29). The summed E-state index contributed by atoms with van der Waals surface area (Å²) in [6, 6.07) is 0.0935. The Hall–Kier alpha value is -1.54. The molecule has 2 atom stereocenters. The number of hydrogen-bond donors (Lipinski definition) is 2. The molecule has 2 aliphatic rings. The summed E-state index contributed by atoms with van der Waals surface area (Å²) in [7, 11) is 0. The number of hydrogen-bond acceptors (Lipinski definition) is 5. The SMILES string of the molecule is CCNC(=NCC(C)CN1CCN(CC)CC1)N1CCC(NC(=O)OC(C)(C)C)C1. The minimum atomic E-state index is -0.474. The lowest BCUT2D eigenvalue weighted by atomic mass is 10.1. The Morgan fingerprint density at radius 2 is 1.80 bits per heavy atom. The first kappa shape index (κ1) is 24.7. The molecule has 2 heterocycles. The molecule has 0 spiro atoms. The summed E-state index contributed by atoms with van der Waals surface area (Å²) in [4.78, 5) is 24.3. The van der Waals surface area contributed by atoms with Gasteiger partial charge in [-0.15, -0.1) is 0 Å². The van der Waals surface area contributed by atoms with E-state index in [9.17, 15) is 4.79 Å². The second-order valence-electron chi connectivity index (χ2n) is 9.61. The fourth-order valence-electron chi connectivity index (χ4n) is 4.00. The van der Waals surface area contributed by atoms with E-state index in [1.807, 2.05) is 20.8 Å². The van der Waals surface area contributed by atoms with E-state index in [0.29, 0.717) is 5.92 Å². The molecule has 8 heteroatoms. The molecule has 30 heavy (non-hydrogen) atoms. The van der Waals surface area contributed by atoms with E-state index in [1.165, 1.54) is 13.1 Å². The van der Waals surface area contributed by atoms with Crippen LogP contribution in [0.2, 0.25) is 0 Å². The number of ether oxygens (including phenoxy) is 1. The van der Waals surface area contributed by atoms with Crippen molar-refractivity contribution < 1.29 is 9.53 Å². The third-order valence-electron chi connectivity index (χ3n) is 5.58. The number of nitrogens with one attached hydrogen (secondary N) is 2. The topological polar surface area (TPSA) is 72.4 Å². The zero-order valence-corrected chi connectivity index (χ0v) is 20.0. The third-order valence-corrected chi connectivity index (χ3v) is 5.58. The Bertz CT molecular complexity index is 554. The average molecular weight is 425 g/mol. The van der Waals surface area contributed by atoms with Crippen LogP contribution in [-0.2, 0) is 4.74 Å². The van der Waals surface area contributed by atoms with E-state index >= 15 is 0 Å². The Labute approximate surface area is 183 Å². The van der Waals surface area contributed by atoms with Gasteiger partial charge in [-0.3, -0.25) is 4.99 Å². The van der Waals surface area contributed by atoms with Crippen LogP contribution in [0.3, 0.4) is 0 Å². The molecule has 2 fully saturated rings. The lowest BCUT2D eigenvalue weighted by Crippen LogP contribution is -2.47. The summed E-state index contributed by atoms with van der Waals surface area (Å²) < 4.78 is 5.39. The van der Waals surface area contributed by atoms with E-state index < -0.39 is 5.60 Å². The first-order chi connectivity index (χ1) is 14.2. The zero-order valence-electron chi connectivity index (χ0n) is 20.0. The molecule has 8 nitrogen and oxygen atoms in total. The predicted octanol–water partition coefficient (Wildman–Crippen LogP) is 1.82. The van der Waals surface area contributed by atoms with Crippen molar-refractivity contribution in [2.75, 3.05) is 65.4 Å². The van der Waals surface area contributed by atoms with Gasteiger partial charge >= 0.3 is 6.09 Å². The fraction of sp³-hybridized carbons (Fsp3) is 0.909. The van der Waals surface area contributed by atoms with E-state index in [0.717, 1.165) is 64.7 Å². The number of nitrogens with zero attached hydrogens (tertiary/aromatic N) is 4. The number of alkyl carbamates (subject to hydrolysis) is 1. The van der Waals surface area contributed by atoms with E-state index in [2.05, 4.69) is 46.1 Å². The maximum Gasteiger partial charge on any atom is 0.407 e. The predicted molar refractivity (Wildman–Crippen MR) is 123 cm³/mol. The van der Waals surface area contributed by atoms with E-state index in [1.54, 1.807) is 0 Å². The monoisotopic (exact) mass is 424 g/mol. The molecule has 0 bridgehead atoms. The lowest BCUT2D eigenvalue weighted by Gasteiger charge is -2.35. The lowest BCUT2D eigenvalue weighted by molar-refractivity contribution is 0.0507. The number of rotatable bonds is 7. The van der Waals surface area contributed by atoms with Gasteiger partial charge in [-0.2, -0.15) is 0 Å². The van der Waals surface area contributed by atoms with Crippen molar-refractivity contribution in [3.8, 4) is 0 Å². The zero-order chi connectivity index (χ0) is 22.1. The van der Waals surface area contributed by atoms with Crippen molar-refractivity contribution in [2.45, 2.75) is 59.6 Å². The number of likely N-dealkylation sites (N-methyl/N-ethyl adjacent to an activating group) is 1. The molecule has 0 aromatic carbocycles. The molecule has 2 unspecified atom stereocenters. The number of amides is 1. The second-order valence-corrected chi connectivity index (χ2v) is 9.61. The van der Waals surface area contributed by atoms with Gasteiger partial charge in [-0.05, 0) is 46.6 Å². The summed E-state index contributed by atoms with van der Waals surface area (Å²) in [6.07, 6.45) is 0.564. The van der Waals surface area contributed by atoms with Crippen LogP contribution in [0.5, 0.6) is 0 Å². The maximum absolute atomic E-state index is 12.1. The molecule has 0 aromatic rings. The normalized spacial score (nSPS) is 22.8. The number of carbonyl (C=O) groups excluding carboxylic acids is 1. The molecule has 2 saturated heterocycles. The van der Waals surface area contributed by atoms with Gasteiger partial charge in [-0.1, -0.05) is 13.8 Å². The molecule has 174 valence electrons. The molecular weight excluding hydrogens is 380 g/mol. The Morgan fingerprint density at radius 1 is 1.13 bits per heavy atom. The van der Waals surface area contributed by atoms with Crippen LogP contribution in [0.4, 0.5) is 4.79 Å². The van der Waals surface area contributed by atoms with Crippen LogP contribution >= 0.6 is 0 Å². The summed E-state index contributed by atoms with van der Waals surface area (Å²) >= 11 is 0. The smallest absolute Gasteiger partial charge is 0.407 e. The molecule has 2 N–H and O–H groups in total. The molecule has 0 radical (unpaired) electrons. The van der Waals surface area contributed by atoms with Crippen LogP contribution < -0.4 is 10.6 Å². The van der Waals surface area contributed by atoms with Gasteiger partial charge in [0.15, 0.2) is 5.96 Å². The highest BCUT2D eigenvalue weighted by molar-refractivity contribution is 5.80. The molecule has 2 rings (SSSR count). The Morgan fingerprint density at radius 3 is 2.40 bits per heavy atom. The number of guanidine groups is 1. The number of aliphatic imine (C=N–C) groups is 1. The van der Waals surface area contributed by atoms with Crippen LogP contribution in [0, 0.1) is 5.92 Å². The van der Waals surface area contributed by atoms with Crippen molar-refractivity contribution in [1.82, 2.24) is 25.3 Å². The minimum absolute atomic E-state index is 0.0935. The van der Waals surface area contributed by atoms with Crippen LogP contribution in [0.25, 0.3) is 0 Å². The van der Waals surface area contributed by atoms with Crippen molar-refractivity contribution in [2.24, 2.45) is 10.9 Å². The Kier molecular flexibility index (Phi) is 9.68. The van der Waals surface area contributed by atoms with Crippen LogP contribution in [0.15, 0.2) is 4.99 Å². The van der Waals surface area contributed by atoms with Crippen molar-refractivity contribution >= 4 is 12.1 Å². The van der Waals surface area contributed by atoms with E-state index in [-0.39, 0.29) is 12.1 Å². The average Bonchev–Trinajstić information content (AvgIpc) is 3.12. The van der Waals surface area contributed by atoms with Gasteiger partial charge in [0.25, 0.3) is 0 Å². The van der Waals surface area contributed by atoms with Gasteiger partial charge in [0, 0.05) is 58.9 Å². The number of likely N-dealkylation sites (tertiary alicyclic amines) is 1. The molecule has 0 aliphatic carbocycles. The third kappa shape index (κ3) is 8.68. The molecule has 2 aliphatic heterocycles. The molecule has 0 saturated carbocycles. The summed E-state index contributed by atoms with van der Waals surface area (Å²) in [6.45, 7) is 22.5. The first-order valence-corrected chi connectivity index (χ1v) is 11.7. The molecule has 1 amide bonds. The molecular formula is C22H44N6O2. The minimum Gasteiger partial charge on any atom is -0.444 e. The van der Waals surface area contributed by atoms with Crippen molar-refractivity contribution in [3.63, 3.8) is 0 Å². The highest BCUT2D eigenvalue weighted by Crippen LogP contribution is 2.13. The maximum atomic E-state index is 12.1. The van der Waals surface area contributed by atoms with Gasteiger partial charge in [-0.25, -0.2) is 4.79 Å². The highest BCUT2D eigenvalue weighted by Gasteiger charge is 2.28. The van der Waals surface area contributed by atoms with Crippen LogP contribution in [-0.4, -0.2) is 104 Å². The van der Waals surface area contributed by atoms with Crippen LogP contribution in [0.1, 0.15) is 48.0 Å². The van der Waals surface area contributed by atoms with Gasteiger partial charge in [0.2, 0.25) is 0 Å². The van der Waals surface area contributed by atoms with Gasteiger partial charge in [0.1, 0.15) is 5.60 Å². The fourth-order valence-corrected chi connectivity index (χ4v) is 4.00. The molecule has 0 aromatic heterocycles. The van der Waals surface area contributed by atoms with Crippen molar-refractivity contribution in [3.05, 3.63) is 0 Å². The first-order valence-electron chi connectivity index (χ1n) is 11.7. The van der Waals surface area contributed by atoms with Gasteiger partial charge in [0.05, 0.1) is 6.04 Å². The van der Waals surface area contributed by atoms with Crippen molar-refractivity contribution in [1.29, 1.82) is 0 Å². The summed E-state index contributed by atoms with van der Waals surface area (Å²) in [5, 5.41) is 6.41. The van der Waals surface area contributed by atoms with Gasteiger partial charge < -0.3 is 30.1 Å². The number of carbonyl (C=O) groups is 1. The second kappa shape index (κ2) is 11.7. The highest BCUT2D eigenvalue weighted by atomic mass is 16.6.